The fourth-order valence-corrected chi connectivity index (χ4v) is 3.77. The number of anilines is 1. The van der Waals surface area contributed by atoms with Gasteiger partial charge in [-0.25, -0.2) is 9.48 Å². The van der Waals surface area contributed by atoms with Gasteiger partial charge in [0.25, 0.3) is 5.91 Å². The van der Waals surface area contributed by atoms with Crippen molar-refractivity contribution in [3.05, 3.63) is 92.9 Å². The molecule has 0 aliphatic rings. The molecule has 7 nitrogen and oxygen atoms in total. The summed E-state index contributed by atoms with van der Waals surface area (Å²) >= 11 is 3.46. The second-order valence-corrected chi connectivity index (χ2v) is 8.11. The van der Waals surface area contributed by atoms with Gasteiger partial charge in [-0.05, 0) is 77.3 Å². The molecule has 1 unspecified atom stereocenters. The summed E-state index contributed by atoms with van der Waals surface area (Å²) in [6.07, 6.45) is 0.995. The molecule has 4 aromatic rings. The molecule has 0 fully saturated rings. The Hall–Kier alpha value is -3.39. The van der Waals surface area contributed by atoms with Crippen molar-refractivity contribution in [1.82, 2.24) is 14.2 Å². The third kappa shape index (κ3) is 4.69. The molecule has 1 N–H and O–H groups in total. The minimum atomic E-state index is -0.691. The molecule has 0 bridgehead atoms. The number of hydrogen-bond donors (Lipinski definition) is 1. The first-order valence-electron chi connectivity index (χ1n) is 9.77. The van der Waals surface area contributed by atoms with Gasteiger partial charge in [0, 0.05) is 11.9 Å². The van der Waals surface area contributed by atoms with Gasteiger partial charge in [-0.3, -0.25) is 9.20 Å². The van der Waals surface area contributed by atoms with Crippen molar-refractivity contribution in [2.75, 3.05) is 5.32 Å². The Morgan fingerprint density at radius 3 is 2.77 bits per heavy atom. The minimum Gasteiger partial charge on any atom is -0.480 e. The van der Waals surface area contributed by atoms with E-state index >= 15 is 0 Å². The second-order valence-electron chi connectivity index (χ2n) is 7.25. The second kappa shape index (κ2) is 8.77. The summed E-state index contributed by atoms with van der Waals surface area (Å²) in [6, 6.07) is 18.4. The molecule has 0 saturated carbocycles. The molecule has 1 amide bonds. The average molecular weight is 481 g/mol. The van der Waals surface area contributed by atoms with Crippen LogP contribution in [0, 0.1) is 6.92 Å². The molecule has 2 aromatic heterocycles. The average Bonchev–Trinajstić information content (AvgIpc) is 3.06. The van der Waals surface area contributed by atoms with Crippen LogP contribution >= 0.6 is 15.9 Å². The Morgan fingerprint density at radius 1 is 1.16 bits per heavy atom. The van der Waals surface area contributed by atoms with E-state index < -0.39 is 6.10 Å². The molecular weight excluding hydrogens is 460 g/mol. The standard InChI is InChI=1S/C23H21BrN4O3/c1-15-9-10-20(19(24)12-15)31-16(2)22(29)25-18-7-5-6-17(13-18)14-28-23(30)27-11-4-3-8-21(27)26-28/h3-13,16H,14H2,1-2H3,(H,25,29). The molecule has 0 radical (unpaired) electrons. The van der Waals surface area contributed by atoms with Gasteiger partial charge in [0.2, 0.25) is 0 Å². The highest BCUT2D eigenvalue weighted by Gasteiger charge is 2.16. The molecule has 4 rings (SSSR count). The summed E-state index contributed by atoms with van der Waals surface area (Å²) in [4.78, 5) is 25.1. The molecule has 8 heteroatoms. The maximum absolute atomic E-state index is 12.6. The number of carbonyl (C=O) groups is 1. The molecular formula is C23H21BrN4O3. The van der Waals surface area contributed by atoms with Gasteiger partial charge in [-0.1, -0.05) is 24.3 Å². The Labute approximate surface area is 187 Å². The van der Waals surface area contributed by atoms with Crippen molar-refractivity contribution in [1.29, 1.82) is 0 Å². The lowest BCUT2D eigenvalue weighted by molar-refractivity contribution is -0.122. The van der Waals surface area contributed by atoms with Crippen LogP contribution in [0.25, 0.3) is 5.65 Å². The molecule has 0 saturated heterocycles. The van der Waals surface area contributed by atoms with E-state index in [1.165, 1.54) is 9.08 Å². The van der Waals surface area contributed by atoms with Crippen molar-refractivity contribution in [2.24, 2.45) is 0 Å². The Balaban J connectivity index is 1.45. The van der Waals surface area contributed by atoms with Crippen molar-refractivity contribution in [3.63, 3.8) is 0 Å². The minimum absolute atomic E-state index is 0.212. The number of nitrogens with zero attached hydrogens (tertiary/aromatic N) is 3. The highest BCUT2D eigenvalue weighted by atomic mass is 79.9. The normalized spacial score (nSPS) is 12.0. The fraction of sp³-hybridized carbons (Fsp3) is 0.174. The third-order valence-corrected chi connectivity index (χ3v) is 5.40. The van der Waals surface area contributed by atoms with Gasteiger partial charge in [-0.2, -0.15) is 0 Å². The summed E-state index contributed by atoms with van der Waals surface area (Å²) in [5.41, 5.74) is 2.94. The summed E-state index contributed by atoms with van der Waals surface area (Å²) in [5, 5.41) is 7.21. The van der Waals surface area contributed by atoms with Crippen LogP contribution in [0.1, 0.15) is 18.1 Å². The molecule has 158 valence electrons. The van der Waals surface area contributed by atoms with Gasteiger partial charge in [-0.15, -0.1) is 5.10 Å². The molecule has 1 atom stereocenters. The molecule has 0 spiro atoms. The zero-order valence-corrected chi connectivity index (χ0v) is 18.7. The number of fused-ring (bicyclic) bond motifs is 1. The first-order chi connectivity index (χ1) is 14.9. The van der Waals surface area contributed by atoms with Crippen LogP contribution in [0.4, 0.5) is 5.69 Å². The van der Waals surface area contributed by atoms with Crippen LogP contribution in [0.5, 0.6) is 5.75 Å². The predicted molar refractivity (Wildman–Crippen MR) is 123 cm³/mol. The van der Waals surface area contributed by atoms with E-state index in [0.29, 0.717) is 23.6 Å². The van der Waals surface area contributed by atoms with Crippen molar-refractivity contribution < 1.29 is 9.53 Å². The lowest BCUT2D eigenvalue weighted by Crippen LogP contribution is -2.30. The van der Waals surface area contributed by atoms with E-state index in [0.717, 1.165) is 15.6 Å². The number of aryl methyl sites for hydroxylation is 1. The topological polar surface area (TPSA) is 77.6 Å². The molecule has 0 aliphatic heterocycles. The monoisotopic (exact) mass is 480 g/mol. The number of rotatable bonds is 6. The Kier molecular flexibility index (Phi) is 5.90. The molecule has 2 aromatic carbocycles. The van der Waals surface area contributed by atoms with Crippen LogP contribution < -0.4 is 15.7 Å². The fourth-order valence-electron chi connectivity index (χ4n) is 3.18. The van der Waals surface area contributed by atoms with Crippen LogP contribution in [-0.2, 0) is 11.3 Å². The van der Waals surface area contributed by atoms with Gasteiger partial charge in [0.05, 0.1) is 11.0 Å². The number of benzene rings is 2. The van der Waals surface area contributed by atoms with Crippen LogP contribution in [-0.4, -0.2) is 26.2 Å². The molecule has 2 heterocycles. The number of ether oxygens (including phenoxy) is 1. The van der Waals surface area contributed by atoms with E-state index in [1.54, 1.807) is 31.3 Å². The largest absolute Gasteiger partial charge is 0.480 e. The lowest BCUT2D eigenvalue weighted by atomic mass is 10.2. The van der Waals surface area contributed by atoms with E-state index in [9.17, 15) is 9.59 Å². The van der Waals surface area contributed by atoms with E-state index in [2.05, 4.69) is 26.3 Å². The van der Waals surface area contributed by atoms with Crippen LogP contribution in [0.3, 0.4) is 0 Å². The van der Waals surface area contributed by atoms with Crippen molar-refractivity contribution >= 4 is 33.2 Å². The Bertz CT molecular complexity index is 1310. The van der Waals surface area contributed by atoms with Gasteiger partial charge >= 0.3 is 5.69 Å². The maximum atomic E-state index is 12.6. The first-order valence-corrected chi connectivity index (χ1v) is 10.6. The third-order valence-electron chi connectivity index (χ3n) is 4.78. The van der Waals surface area contributed by atoms with Gasteiger partial charge in [0.1, 0.15) is 5.75 Å². The number of carbonyl (C=O) groups excluding carboxylic acids is 1. The quantitative estimate of drug-likeness (QED) is 0.452. The highest BCUT2D eigenvalue weighted by molar-refractivity contribution is 9.10. The zero-order valence-electron chi connectivity index (χ0n) is 17.1. The van der Waals surface area contributed by atoms with Crippen molar-refractivity contribution in [2.45, 2.75) is 26.5 Å². The van der Waals surface area contributed by atoms with Crippen LogP contribution in [0.15, 0.2) is 76.1 Å². The summed E-state index contributed by atoms with van der Waals surface area (Å²) in [7, 11) is 0. The lowest BCUT2D eigenvalue weighted by Gasteiger charge is -2.16. The molecule has 31 heavy (non-hydrogen) atoms. The van der Waals surface area contributed by atoms with E-state index in [4.69, 9.17) is 4.74 Å². The summed E-state index contributed by atoms with van der Waals surface area (Å²) in [5.74, 6) is 0.336. The first kappa shape index (κ1) is 20.9. The summed E-state index contributed by atoms with van der Waals surface area (Å²) in [6.45, 7) is 3.98. The van der Waals surface area contributed by atoms with Gasteiger partial charge in [0.15, 0.2) is 11.8 Å². The van der Waals surface area contributed by atoms with E-state index in [1.807, 2.05) is 49.4 Å². The van der Waals surface area contributed by atoms with Crippen LogP contribution in [0.2, 0.25) is 0 Å². The number of amides is 1. The summed E-state index contributed by atoms with van der Waals surface area (Å²) < 4.78 is 9.48. The number of hydrogen-bond acceptors (Lipinski definition) is 4. The molecule has 0 aliphatic carbocycles. The number of nitrogens with one attached hydrogen (secondary N) is 1. The van der Waals surface area contributed by atoms with Gasteiger partial charge < -0.3 is 10.1 Å². The maximum Gasteiger partial charge on any atom is 0.350 e. The Morgan fingerprint density at radius 2 is 2.00 bits per heavy atom. The zero-order chi connectivity index (χ0) is 22.0. The SMILES string of the molecule is Cc1ccc(OC(C)C(=O)Nc2cccc(Cn3nc4ccccn4c3=O)c2)c(Br)c1. The predicted octanol–water partition coefficient (Wildman–Crippen LogP) is 4.02. The smallest absolute Gasteiger partial charge is 0.350 e. The van der Waals surface area contributed by atoms with E-state index in [-0.39, 0.29) is 11.6 Å². The number of pyridine rings is 1. The highest BCUT2D eigenvalue weighted by Crippen LogP contribution is 2.27. The van der Waals surface area contributed by atoms with Crippen molar-refractivity contribution in [3.8, 4) is 5.75 Å². The number of halogens is 1. The number of aromatic nitrogens is 3.